The van der Waals surface area contributed by atoms with Gasteiger partial charge in [-0.25, -0.2) is 4.98 Å². The number of ketones is 1. The summed E-state index contributed by atoms with van der Waals surface area (Å²) in [5.74, 6) is 0.425. The Labute approximate surface area is 107 Å². The van der Waals surface area contributed by atoms with E-state index >= 15 is 0 Å². The van der Waals surface area contributed by atoms with Crippen molar-refractivity contribution in [1.29, 1.82) is 0 Å². The maximum Gasteiger partial charge on any atom is 0.209 e. The fourth-order valence-electron chi connectivity index (χ4n) is 1.28. The van der Waals surface area contributed by atoms with Gasteiger partial charge in [0.1, 0.15) is 5.78 Å². The summed E-state index contributed by atoms with van der Waals surface area (Å²) in [7, 11) is 0. The molecule has 0 fully saturated rings. The Bertz CT molecular complexity index is 583. The average molecular weight is 265 g/mol. The quantitative estimate of drug-likeness (QED) is 0.573. The first kappa shape index (κ1) is 12.4. The number of carbonyl (C=O) groups excluding carboxylic acids is 1. The first-order valence-electron chi connectivity index (χ1n) is 5.13. The molecule has 6 nitrogen and oxygen atoms in total. The molecule has 0 aliphatic carbocycles. The third kappa shape index (κ3) is 2.80. The number of aromatic nitrogens is 3. The van der Waals surface area contributed by atoms with Gasteiger partial charge in [-0.2, -0.15) is 0 Å². The number of benzene rings is 1. The first-order chi connectivity index (χ1) is 8.56. The molecule has 18 heavy (non-hydrogen) atoms. The number of phenolic OH excluding ortho intramolecular Hbond substituents is 2. The molecule has 0 bridgehead atoms. The van der Waals surface area contributed by atoms with Gasteiger partial charge < -0.3 is 10.2 Å². The van der Waals surface area contributed by atoms with Gasteiger partial charge in [-0.05, 0) is 25.1 Å². The third-order valence-corrected chi connectivity index (χ3v) is 3.11. The number of thioether (sulfide) groups is 1. The lowest BCUT2D eigenvalue weighted by atomic mass is 10.2. The number of nitrogens with zero attached hydrogens (tertiary/aromatic N) is 2. The maximum absolute atomic E-state index is 10.8. The zero-order chi connectivity index (χ0) is 13.1. The molecule has 94 valence electrons. The number of phenols is 2. The smallest absolute Gasteiger partial charge is 0.209 e. The van der Waals surface area contributed by atoms with E-state index in [4.69, 9.17) is 0 Å². The van der Waals surface area contributed by atoms with Crippen LogP contribution in [0.4, 0.5) is 0 Å². The highest BCUT2D eigenvalue weighted by Crippen LogP contribution is 2.29. The molecule has 1 heterocycles. The van der Waals surface area contributed by atoms with Gasteiger partial charge in [-0.1, -0.05) is 11.8 Å². The van der Waals surface area contributed by atoms with Gasteiger partial charge in [0, 0.05) is 5.56 Å². The standard InChI is InChI=1S/C11H11N3O3S/c1-6(15)5-18-11-12-10(13-14-11)7-2-3-8(16)9(17)4-7/h2-4,16-17H,5H2,1H3,(H,12,13,14). The monoisotopic (exact) mass is 265 g/mol. The molecule has 7 heteroatoms. The van der Waals surface area contributed by atoms with Crippen molar-refractivity contribution in [3.8, 4) is 22.9 Å². The normalized spacial score (nSPS) is 10.5. The minimum absolute atomic E-state index is 0.0497. The van der Waals surface area contributed by atoms with Crippen molar-refractivity contribution in [2.75, 3.05) is 5.75 Å². The van der Waals surface area contributed by atoms with Crippen LogP contribution in [0.25, 0.3) is 11.4 Å². The second kappa shape index (κ2) is 5.09. The number of H-pyrrole nitrogens is 1. The molecule has 0 atom stereocenters. The van der Waals surface area contributed by atoms with E-state index in [1.807, 2.05) is 0 Å². The molecule has 1 aromatic heterocycles. The lowest BCUT2D eigenvalue weighted by Crippen LogP contribution is -1.93. The van der Waals surface area contributed by atoms with Crippen molar-refractivity contribution in [3.05, 3.63) is 18.2 Å². The molecule has 3 N–H and O–H groups in total. The van der Waals surface area contributed by atoms with Crippen LogP contribution in [-0.2, 0) is 4.79 Å². The van der Waals surface area contributed by atoms with E-state index in [1.54, 1.807) is 6.07 Å². The van der Waals surface area contributed by atoms with E-state index in [0.29, 0.717) is 22.3 Å². The van der Waals surface area contributed by atoms with E-state index in [1.165, 1.54) is 30.8 Å². The van der Waals surface area contributed by atoms with Crippen molar-refractivity contribution >= 4 is 17.5 Å². The van der Waals surface area contributed by atoms with E-state index in [9.17, 15) is 15.0 Å². The molecule has 0 saturated heterocycles. The van der Waals surface area contributed by atoms with Crippen LogP contribution < -0.4 is 0 Å². The Hall–Kier alpha value is -2.02. The Morgan fingerprint density at radius 2 is 2.17 bits per heavy atom. The molecule has 0 spiro atoms. The van der Waals surface area contributed by atoms with Gasteiger partial charge in [-0.15, -0.1) is 5.10 Å². The molecule has 1 aromatic carbocycles. The number of Topliss-reactive ketones (excluding diaryl/α,β-unsaturated/α-hetero) is 1. The highest BCUT2D eigenvalue weighted by molar-refractivity contribution is 7.99. The van der Waals surface area contributed by atoms with Crippen molar-refractivity contribution in [3.63, 3.8) is 0 Å². The van der Waals surface area contributed by atoms with Gasteiger partial charge in [0.05, 0.1) is 5.75 Å². The molecule has 0 saturated carbocycles. The Kier molecular flexibility index (Phi) is 3.52. The molecule has 2 aromatic rings. The molecule has 0 unspecified atom stereocenters. The van der Waals surface area contributed by atoms with Crippen molar-refractivity contribution in [1.82, 2.24) is 15.2 Å². The number of hydrogen-bond acceptors (Lipinski definition) is 6. The average Bonchev–Trinajstić information content (AvgIpc) is 2.79. The fraction of sp³-hybridized carbons (Fsp3) is 0.182. The van der Waals surface area contributed by atoms with Crippen LogP contribution in [0.2, 0.25) is 0 Å². The minimum Gasteiger partial charge on any atom is -0.504 e. The largest absolute Gasteiger partial charge is 0.504 e. The molecule has 2 rings (SSSR count). The SMILES string of the molecule is CC(=O)CSc1n[nH]c(-c2ccc(O)c(O)c2)n1. The van der Waals surface area contributed by atoms with Gasteiger partial charge in [0.2, 0.25) is 5.16 Å². The number of nitrogens with one attached hydrogen (secondary N) is 1. The zero-order valence-electron chi connectivity index (χ0n) is 9.54. The molecule has 0 radical (unpaired) electrons. The number of aromatic hydroxyl groups is 2. The van der Waals surface area contributed by atoms with Crippen LogP contribution in [0.1, 0.15) is 6.92 Å². The second-order valence-electron chi connectivity index (χ2n) is 3.66. The van der Waals surface area contributed by atoms with E-state index in [2.05, 4.69) is 15.2 Å². The van der Waals surface area contributed by atoms with Crippen molar-refractivity contribution in [2.24, 2.45) is 0 Å². The summed E-state index contributed by atoms with van der Waals surface area (Å²) in [6.07, 6.45) is 0. The van der Waals surface area contributed by atoms with Gasteiger partial charge in [0.25, 0.3) is 0 Å². The number of rotatable bonds is 4. The van der Waals surface area contributed by atoms with E-state index in [-0.39, 0.29) is 17.3 Å². The summed E-state index contributed by atoms with van der Waals surface area (Å²) in [5.41, 5.74) is 0.604. The summed E-state index contributed by atoms with van der Waals surface area (Å²) in [6, 6.07) is 4.36. The van der Waals surface area contributed by atoms with Crippen LogP contribution in [0, 0.1) is 0 Å². The van der Waals surface area contributed by atoms with Crippen molar-refractivity contribution in [2.45, 2.75) is 12.1 Å². The molecule has 0 aliphatic heterocycles. The van der Waals surface area contributed by atoms with Gasteiger partial charge in [0.15, 0.2) is 17.3 Å². The summed E-state index contributed by atoms with van der Waals surface area (Å²) in [4.78, 5) is 15.0. The topological polar surface area (TPSA) is 99.1 Å². The highest BCUT2D eigenvalue weighted by Gasteiger charge is 2.09. The Balaban J connectivity index is 2.18. The summed E-state index contributed by atoms with van der Waals surface area (Å²) in [6.45, 7) is 1.50. The third-order valence-electron chi connectivity index (χ3n) is 2.12. The second-order valence-corrected chi connectivity index (χ2v) is 4.60. The maximum atomic E-state index is 10.8. The number of hydrogen-bond donors (Lipinski definition) is 3. The van der Waals surface area contributed by atoms with E-state index in [0.717, 1.165) is 0 Å². The number of carbonyl (C=O) groups is 1. The summed E-state index contributed by atoms with van der Waals surface area (Å²) < 4.78 is 0. The molecule has 0 amide bonds. The van der Waals surface area contributed by atoms with Crippen LogP contribution in [-0.4, -0.2) is 36.9 Å². The predicted molar refractivity (Wildman–Crippen MR) is 66.6 cm³/mol. The molecular formula is C11H11N3O3S. The van der Waals surface area contributed by atoms with Crippen molar-refractivity contribution < 1.29 is 15.0 Å². The predicted octanol–water partition coefficient (Wildman–Crippen LogP) is 1.56. The minimum atomic E-state index is -0.221. The molecule has 0 aliphatic rings. The fourth-order valence-corrected chi connectivity index (χ4v) is 1.88. The summed E-state index contributed by atoms with van der Waals surface area (Å²) >= 11 is 1.24. The van der Waals surface area contributed by atoms with Crippen LogP contribution in [0.3, 0.4) is 0 Å². The Morgan fingerprint density at radius 3 is 2.83 bits per heavy atom. The highest BCUT2D eigenvalue weighted by atomic mass is 32.2. The van der Waals surface area contributed by atoms with Crippen LogP contribution >= 0.6 is 11.8 Å². The van der Waals surface area contributed by atoms with Crippen LogP contribution in [0.5, 0.6) is 11.5 Å². The summed E-state index contributed by atoms with van der Waals surface area (Å²) in [5, 5.41) is 25.7. The van der Waals surface area contributed by atoms with Gasteiger partial charge >= 0.3 is 0 Å². The molecular weight excluding hydrogens is 254 g/mol. The lowest BCUT2D eigenvalue weighted by molar-refractivity contribution is -0.114. The zero-order valence-corrected chi connectivity index (χ0v) is 10.4. The van der Waals surface area contributed by atoms with Crippen LogP contribution in [0.15, 0.2) is 23.4 Å². The number of aromatic amines is 1. The van der Waals surface area contributed by atoms with E-state index < -0.39 is 0 Å². The Morgan fingerprint density at radius 1 is 1.39 bits per heavy atom. The van der Waals surface area contributed by atoms with Gasteiger partial charge in [-0.3, -0.25) is 9.89 Å². The first-order valence-corrected chi connectivity index (χ1v) is 6.12. The lowest BCUT2D eigenvalue weighted by Gasteiger charge is -1.99.